The number of nitrogens with one attached hydrogen (secondary N) is 1. The van der Waals surface area contributed by atoms with Crippen molar-refractivity contribution >= 4 is 29.9 Å². The van der Waals surface area contributed by atoms with Gasteiger partial charge in [-0.3, -0.25) is 0 Å². The first-order chi connectivity index (χ1) is 11.6. The Labute approximate surface area is 164 Å². The van der Waals surface area contributed by atoms with Crippen molar-refractivity contribution in [2.75, 3.05) is 20.8 Å². The average molecular weight is 459 g/mol. The van der Waals surface area contributed by atoms with E-state index in [1.165, 1.54) is 12.1 Å². The van der Waals surface area contributed by atoms with Crippen molar-refractivity contribution in [2.24, 2.45) is 10.7 Å². The lowest BCUT2D eigenvalue weighted by molar-refractivity contribution is 0.354. The van der Waals surface area contributed by atoms with Crippen molar-refractivity contribution in [1.82, 2.24) is 5.32 Å². The molecule has 0 spiro atoms. The molecule has 2 rings (SSSR count). The van der Waals surface area contributed by atoms with E-state index >= 15 is 0 Å². The Morgan fingerprint density at radius 3 is 2.52 bits per heavy atom. The number of halogens is 2. The van der Waals surface area contributed by atoms with Gasteiger partial charge >= 0.3 is 0 Å². The summed E-state index contributed by atoms with van der Waals surface area (Å²) < 4.78 is 23.6. The van der Waals surface area contributed by atoms with E-state index in [2.05, 4.69) is 10.3 Å². The van der Waals surface area contributed by atoms with Crippen LogP contribution in [-0.2, 0) is 13.0 Å². The van der Waals surface area contributed by atoms with Crippen molar-refractivity contribution in [3.63, 3.8) is 0 Å². The zero-order valence-corrected chi connectivity index (χ0v) is 16.6. The summed E-state index contributed by atoms with van der Waals surface area (Å²) in [5, 5.41) is 3.04. The number of rotatable bonds is 7. The van der Waals surface area contributed by atoms with Crippen LogP contribution >= 0.6 is 24.0 Å². The molecule has 7 heteroatoms. The fraction of sp³-hybridized carbons (Fsp3) is 0.278. The van der Waals surface area contributed by atoms with Gasteiger partial charge in [-0.1, -0.05) is 18.2 Å². The molecule has 0 heterocycles. The van der Waals surface area contributed by atoms with Crippen LogP contribution in [-0.4, -0.2) is 26.7 Å². The van der Waals surface area contributed by atoms with Gasteiger partial charge in [-0.05, 0) is 41.8 Å². The number of nitrogens with zero attached hydrogens (tertiary/aromatic N) is 1. The van der Waals surface area contributed by atoms with Gasteiger partial charge in [0.15, 0.2) is 17.5 Å². The average Bonchev–Trinajstić information content (AvgIpc) is 2.60. The quantitative estimate of drug-likeness (QED) is 0.380. The Morgan fingerprint density at radius 1 is 1.08 bits per heavy atom. The van der Waals surface area contributed by atoms with Gasteiger partial charge in [0.1, 0.15) is 5.82 Å². The van der Waals surface area contributed by atoms with Crippen LogP contribution in [0.25, 0.3) is 0 Å². The molecule has 0 amide bonds. The van der Waals surface area contributed by atoms with Gasteiger partial charge in [0.05, 0.1) is 20.8 Å². The number of nitrogens with two attached hydrogens (primary N) is 1. The largest absolute Gasteiger partial charge is 0.493 e. The first kappa shape index (κ1) is 21.0. The van der Waals surface area contributed by atoms with Gasteiger partial charge in [-0.2, -0.15) is 0 Å². The van der Waals surface area contributed by atoms with Gasteiger partial charge in [0, 0.05) is 6.54 Å². The normalized spacial score (nSPS) is 10.8. The first-order valence-electron chi connectivity index (χ1n) is 7.61. The van der Waals surface area contributed by atoms with Crippen molar-refractivity contribution in [2.45, 2.75) is 13.0 Å². The third kappa shape index (κ3) is 6.77. The fourth-order valence-electron chi connectivity index (χ4n) is 2.24. The molecule has 0 radical (unpaired) electrons. The standard InChI is InChI=1S/C18H22FN3O2.HI/c1-23-16-7-6-13(11-17(16)24-2)8-9-21-18(20)22-12-14-4-3-5-15(19)10-14;/h3-7,10-11H,8-9,12H2,1-2H3,(H3,20,21,22);1H. The van der Waals surface area contributed by atoms with Crippen molar-refractivity contribution in [3.05, 3.63) is 59.4 Å². The predicted molar refractivity (Wildman–Crippen MR) is 108 cm³/mol. The SMILES string of the molecule is COc1ccc(CCNC(N)=NCc2cccc(F)c2)cc1OC.I. The highest BCUT2D eigenvalue weighted by molar-refractivity contribution is 14.0. The number of guanidine groups is 1. The summed E-state index contributed by atoms with van der Waals surface area (Å²) in [6.45, 7) is 0.973. The maximum Gasteiger partial charge on any atom is 0.188 e. The molecule has 0 fully saturated rings. The highest BCUT2D eigenvalue weighted by atomic mass is 127. The number of methoxy groups -OCH3 is 2. The molecule has 0 atom stereocenters. The minimum absolute atomic E-state index is 0. The van der Waals surface area contributed by atoms with E-state index in [4.69, 9.17) is 15.2 Å². The van der Waals surface area contributed by atoms with Crippen molar-refractivity contribution < 1.29 is 13.9 Å². The summed E-state index contributed by atoms with van der Waals surface area (Å²) in [6, 6.07) is 12.1. The molecule has 2 aromatic carbocycles. The number of hydrogen-bond donors (Lipinski definition) is 2. The number of ether oxygens (including phenoxy) is 2. The Balaban J connectivity index is 0.00000312. The Morgan fingerprint density at radius 2 is 1.84 bits per heavy atom. The molecule has 0 aliphatic carbocycles. The molecule has 0 aliphatic heterocycles. The molecule has 2 aromatic rings. The molecule has 0 bridgehead atoms. The molecule has 25 heavy (non-hydrogen) atoms. The van der Waals surface area contributed by atoms with Gasteiger partial charge in [-0.25, -0.2) is 9.38 Å². The predicted octanol–water partition coefficient (Wildman–Crippen LogP) is 3.11. The summed E-state index contributed by atoms with van der Waals surface area (Å²) in [6.07, 6.45) is 0.760. The summed E-state index contributed by atoms with van der Waals surface area (Å²) >= 11 is 0. The molecule has 136 valence electrons. The summed E-state index contributed by atoms with van der Waals surface area (Å²) in [5.41, 5.74) is 7.70. The molecule has 3 N–H and O–H groups in total. The van der Waals surface area contributed by atoms with Crippen LogP contribution in [0.5, 0.6) is 11.5 Å². The molecule has 0 saturated carbocycles. The lowest BCUT2D eigenvalue weighted by atomic mass is 10.1. The highest BCUT2D eigenvalue weighted by Crippen LogP contribution is 2.27. The molecular formula is C18H23FIN3O2. The van der Waals surface area contributed by atoms with E-state index in [1.807, 2.05) is 24.3 Å². The molecule has 0 aliphatic rings. The maximum atomic E-state index is 13.1. The molecular weight excluding hydrogens is 436 g/mol. The van der Waals surface area contributed by atoms with Crippen LogP contribution in [0.2, 0.25) is 0 Å². The van der Waals surface area contributed by atoms with Crippen LogP contribution in [0.3, 0.4) is 0 Å². The van der Waals surface area contributed by atoms with Crippen LogP contribution in [0.1, 0.15) is 11.1 Å². The molecule has 5 nitrogen and oxygen atoms in total. The van der Waals surface area contributed by atoms with E-state index in [0.29, 0.717) is 30.5 Å². The van der Waals surface area contributed by atoms with Crippen molar-refractivity contribution in [3.8, 4) is 11.5 Å². The Kier molecular flexibility index (Phi) is 9.04. The lowest BCUT2D eigenvalue weighted by Gasteiger charge is -2.10. The monoisotopic (exact) mass is 459 g/mol. The molecule has 0 saturated heterocycles. The number of aliphatic imine (C=N–C) groups is 1. The second-order valence-corrected chi connectivity index (χ2v) is 5.20. The van der Waals surface area contributed by atoms with E-state index in [-0.39, 0.29) is 29.8 Å². The zero-order valence-electron chi connectivity index (χ0n) is 14.3. The van der Waals surface area contributed by atoms with Gasteiger partial charge in [0.25, 0.3) is 0 Å². The number of benzene rings is 2. The van der Waals surface area contributed by atoms with E-state index in [1.54, 1.807) is 20.3 Å². The van der Waals surface area contributed by atoms with Crippen LogP contribution < -0.4 is 20.5 Å². The van der Waals surface area contributed by atoms with E-state index in [0.717, 1.165) is 17.5 Å². The topological polar surface area (TPSA) is 68.9 Å². The van der Waals surface area contributed by atoms with Crippen LogP contribution in [0.15, 0.2) is 47.5 Å². The maximum absolute atomic E-state index is 13.1. The Hall–Kier alpha value is -2.03. The first-order valence-corrected chi connectivity index (χ1v) is 7.61. The molecule has 0 unspecified atom stereocenters. The van der Waals surface area contributed by atoms with E-state index < -0.39 is 0 Å². The second kappa shape index (κ2) is 10.8. The zero-order chi connectivity index (χ0) is 17.4. The highest BCUT2D eigenvalue weighted by Gasteiger charge is 2.04. The lowest BCUT2D eigenvalue weighted by Crippen LogP contribution is -2.33. The summed E-state index contributed by atoms with van der Waals surface area (Å²) in [5.74, 6) is 1.45. The summed E-state index contributed by atoms with van der Waals surface area (Å²) in [4.78, 5) is 4.20. The fourth-order valence-corrected chi connectivity index (χ4v) is 2.24. The Bertz CT molecular complexity index is 710. The van der Waals surface area contributed by atoms with E-state index in [9.17, 15) is 4.39 Å². The van der Waals surface area contributed by atoms with Gasteiger partial charge in [0.2, 0.25) is 0 Å². The van der Waals surface area contributed by atoms with Gasteiger partial charge in [-0.15, -0.1) is 24.0 Å². The third-order valence-corrected chi connectivity index (χ3v) is 3.49. The molecule has 0 aromatic heterocycles. The third-order valence-electron chi connectivity index (χ3n) is 3.49. The minimum Gasteiger partial charge on any atom is -0.493 e. The smallest absolute Gasteiger partial charge is 0.188 e. The summed E-state index contributed by atoms with van der Waals surface area (Å²) in [7, 11) is 3.21. The van der Waals surface area contributed by atoms with Crippen LogP contribution in [0.4, 0.5) is 4.39 Å². The minimum atomic E-state index is -0.275. The number of hydrogen-bond acceptors (Lipinski definition) is 3. The second-order valence-electron chi connectivity index (χ2n) is 5.20. The van der Waals surface area contributed by atoms with Crippen molar-refractivity contribution in [1.29, 1.82) is 0 Å². The van der Waals surface area contributed by atoms with Gasteiger partial charge < -0.3 is 20.5 Å². The van der Waals surface area contributed by atoms with Crippen LogP contribution in [0, 0.1) is 5.82 Å².